The number of methoxy groups -OCH3 is 2. The number of rotatable bonds is 3. The zero-order chi connectivity index (χ0) is 14.0. The van der Waals surface area contributed by atoms with Gasteiger partial charge in [-0.2, -0.15) is 0 Å². The summed E-state index contributed by atoms with van der Waals surface area (Å²) in [5, 5.41) is 0.286. The minimum Gasteiger partial charge on any atom is -0.384 e. The molecule has 104 valence electrons. The Labute approximate surface area is 116 Å². The highest BCUT2D eigenvalue weighted by molar-refractivity contribution is 6.33. The highest BCUT2D eigenvalue weighted by atomic mass is 35.5. The van der Waals surface area contributed by atoms with E-state index >= 15 is 0 Å². The van der Waals surface area contributed by atoms with E-state index in [4.69, 9.17) is 26.8 Å². The molecule has 2 rings (SSSR count). The van der Waals surface area contributed by atoms with Crippen LogP contribution in [0.15, 0.2) is 12.1 Å². The summed E-state index contributed by atoms with van der Waals surface area (Å²) < 4.78 is 10.6. The molecule has 0 radical (unpaired) electrons. The van der Waals surface area contributed by atoms with E-state index in [-0.39, 0.29) is 34.6 Å². The van der Waals surface area contributed by atoms with Gasteiger partial charge in [0.25, 0.3) is 5.91 Å². The van der Waals surface area contributed by atoms with E-state index in [1.807, 2.05) is 0 Å². The molecule has 2 atom stereocenters. The van der Waals surface area contributed by atoms with Crippen molar-refractivity contribution in [3.8, 4) is 0 Å². The van der Waals surface area contributed by atoms with Gasteiger partial charge in [0.2, 0.25) is 0 Å². The normalized spacial score (nSPS) is 22.8. The van der Waals surface area contributed by atoms with Crippen LogP contribution in [0.2, 0.25) is 5.02 Å². The maximum absolute atomic E-state index is 12.4. The van der Waals surface area contributed by atoms with Gasteiger partial charge in [0.15, 0.2) is 0 Å². The van der Waals surface area contributed by atoms with Gasteiger partial charge in [-0.3, -0.25) is 4.79 Å². The summed E-state index contributed by atoms with van der Waals surface area (Å²) in [6.45, 7) is 0.890. The SMILES string of the molecule is COC1CN(C(=O)c2nc(N)ccc2Cl)CC1OC. The maximum Gasteiger partial charge on any atom is 0.274 e. The van der Waals surface area contributed by atoms with E-state index in [1.54, 1.807) is 31.3 Å². The van der Waals surface area contributed by atoms with Crippen LogP contribution >= 0.6 is 11.6 Å². The molecule has 1 aliphatic heterocycles. The van der Waals surface area contributed by atoms with Gasteiger partial charge in [-0.1, -0.05) is 11.6 Å². The van der Waals surface area contributed by atoms with E-state index in [2.05, 4.69) is 4.98 Å². The number of anilines is 1. The van der Waals surface area contributed by atoms with Crippen molar-refractivity contribution in [2.24, 2.45) is 0 Å². The van der Waals surface area contributed by atoms with Gasteiger partial charge in [-0.15, -0.1) is 0 Å². The quantitative estimate of drug-likeness (QED) is 0.889. The molecular weight excluding hydrogens is 270 g/mol. The topological polar surface area (TPSA) is 77.7 Å². The number of amides is 1. The second-order valence-corrected chi connectivity index (χ2v) is 4.73. The number of carbonyl (C=O) groups is 1. The molecule has 0 aliphatic carbocycles. The molecule has 0 aromatic carbocycles. The molecule has 1 amide bonds. The highest BCUT2D eigenvalue weighted by Gasteiger charge is 2.36. The first-order chi connectivity index (χ1) is 9.06. The van der Waals surface area contributed by atoms with Gasteiger partial charge in [-0.25, -0.2) is 4.98 Å². The highest BCUT2D eigenvalue weighted by Crippen LogP contribution is 2.22. The Balaban J connectivity index is 2.19. The number of halogens is 1. The van der Waals surface area contributed by atoms with E-state index in [1.165, 1.54) is 0 Å². The number of carbonyl (C=O) groups excluding carboxylic acids is 1. The third-order valence-electron chi connectivity index (χ3n) is 3.18. The van der Waals surface area contributed by atoms with Crippen LogP contribution in [0.5, 0.6) is 0 Å². The number of nitrogens with two attached hydrogens (primary N) is 1. The number of ether oxygens (including phenoxy) is 2. The van der Waals surface area contributed by atoms with Gasteiger partial charge >= 0.3 is 0 Å². The maximum atomic E-state index is 12.4. The largest absolute Gasteiger partial charge is 0.384 e. The summed E-state index contributed by atoms with van der Waals surface area (Å²) in [6.07, 6.45) is -0.289. The first-order valence-electron chi connectivity index (χ1n) is 5.83. The minimum absolute atomic E-state index is 0.145. The number of likely N-dealkylation sites (tertiary alicyclic amines) is 1. The van der Waals surface area contributed by atoms with Crippen LogP contribution in [0.4, 0.5) is 5.82 Å². The first-order valence-corrected chi connectivity index (χ1v) is 6.21. The van der Waals surface area contributed by atoms with Crippen LogP contribution in [0, 0.1) is 0 Å². The molecule has 19 heavy (non-hydrogen) atoms. The van der Waals surface area contributed by atoms with E-state index < -0.39 is 0 Å². The van der Waals surface area contributed by atoms with Crippen LogP contribution in [-0.2, 0) is 9.47 Å². The molecule has 6 nitrogen and oxygen atoms in total. The molecule has 7 heteroatoms. The zero-order valence-corrected chi connectivity index (χ0v) is 11.6. The fourth-order valence-corrected chi connectivity index (χ4v) is 2.31. The van der Waals surface area contributed by atoms with Crippen molar-refractivity contribution in [3.63, 3.8) is 0 Å². The Morgan fingerprint density at radius 1 is 1.37 bits per heavy atom. The van der Waals surface area contributed by atoms with Crippen LogP contribution in [-0.4, -0.2) is 55.3 Å². The summed E-state index contributed by atoms with van der Waals surface area (Å²) in [7, 11) is 3.19. The monoisotopic (exact) mass is 285 g/mol. The lowest BCUT2D eigenvalue weighted by atomic mass is 10.3. The fraction of sp³-hybridized carbons (Fsp3) is 0.500. The lowest BCUT2D eigenvalue weighted by Gasteiger charge is -2.16. The molecule has 0 spiro atoms. The lowest BCUT2D eigenvalue weighted by Crippen LogP contribution is -2.31. The summed E-state index contributed by atoms with van der Waals surface area (Å²) in [5.41, 5.74) is 5.74. The van der Waals surface area contributed by atoms with Crippen molar-refractivity contribution in [2.45, 2.75) is 12.2 Å². The van der Waals surface area contributed by atoms with Crippen molar-refractivity contribution in [1.82, 2.24) is 9.88 Å². The predicted octanol–water partition coefficient (Wildman–Crippen LogP) is 0.803. The zero-order valence-electron chi connectivity index (χ0n) is 10.8. The molecule has 1 aliphatic rings. The lowest BCUT2D eigenvalue weighted by molar-refractivity contribution is -0.00461. The van der Waals surface area contributed by atoms with Crippen molar-refractivity contribution in [2.75, 3.05) is 33.0 Å². The summed E-state index contributed by atoms with van der Waals surface area (Å²) in [5.74, 6) is -0.00238. The molecule has 2 unspecified atom stereocenters. The Bertz CT molecular complexity index is 471. The van der Waals surface area contributed by atoms with Crippen molar-refractivity contribution >= 4 is 23.3 Å². The Morgan fingerprint density at radius 2 is 1.95 bits per heavy atom. The first kappa shape index (κ1) is 14.0. The molecule has 1 fully saturated rings. The molecule has 2 N–H and O–H groups in total. The van der Waals surface area contributed by atoms with E-state index in [0.29, 0.717) is 13.1 Å². The average molecular weight is 286 g/mol. The smallest absolute Gasteiger partial charge is 0.274 e. The van der Waals surface area contributed by atoms with Gasteiger partial charge in [0.05, 0.1) is 5.02 Å². The Morgan fingerprint density at radius 3 is 2.47 bits per heavy atom. The number of hydrogen-bond donors (Lipinski definition) is 1. The molecule has 1 saturated heterocycles. The number of nitrogen functional groups attached to an aromatic ring is 1. The van der Waals surface area contributed by atoms with Crippen molar-refractivity contribution in [1.29, 1.82) is 0 Å². The standard InChI is InChI=1S/C12H16ClN3O3/c1-18-8-5-16(6-9(8)19-2)12(17)11-7(13)3-4-10(14)15-11/h3-4,8-9H,5-6H2,1-2H3,(H2,14,15). The fourth-order valence-electron chi connectivity index (χ4n) is 2.12. The molecule has 1 aromatic heterocycles. The van der Waals surface area contributed by atoms with Gasteiger partial charge in [0, 0.05) is 27.3 Å². The molecule has 2 heterocycles. The third-order valence-corrected chi connectivity index (χ3v) is 3.48. The van der Waals surface area contributed by atoms with E-state index in [0.717, 1.165) is 0 Å². The van der Waals surface area contributed by atoms with Crippen LogP contribution in [0.25, 0.3) is 0 Å². The minimum atomic E-state index is -0.265. The molecular formula is C12H16ClN3O3. The Kier molecular flexibility index (Phi) is 4.24. The number of aromatic nitrogens is 1. The van der Waals surface area contributed by atoms with E-state index in [9.17, 15) is 4.79 Å². The van der Waals surface area contributed by atoms with Crippen molar-refractivity contribution in [3.05, 3.63) is 22.8 Å². The van der Waals surface area contributed by atoms with Gasteiger partial charge in [-0.05, 0) is 12.1 Å². The van der Waals surface area contributed by atoms with Crippen LogP contribution < -0.4 is 5.73 Å². The third kappa shape index (κ3) is 2.80. The predicted molar refractivity (Wildman–Crippen MR) is 71.2 cm³/mol. The number of pyridine rings is 1. The molecule has 1 aromatic rings. The van der Waals surface area contributed by atoms with Gasteiger partial charge < -0.3 is 20.1 Å². The summed E-state index contributed by atoms with van der Waals surface area (Å²) in [4.78, 5) is 18.0. The molecule has 0 bridgehead atoms. The second kappa shape index (κ2) is 5.73. The van der Waals surface area contributed by atoms with Crippen LogP contribution in [0.1, 0.15) is 10.5 Å². The number of nitrogens with zero attached hydrogens (tertiary/aromatic N) is 2. The number of hydrogen-bond acceptors (Lipinski definition) is 5. The van der Waals surface area contributed by atoms with Crippen LogP contribution in [0.3, 0.4) is 0 Å². The Hall–Kier alpha value is -1.37. The summed E-state index contributed by atoms with van der Waals surface area (Å²) in [6, 6.07) is 3.12. The molecule has 0 saturated carbocycles. The average Bonchev–Trinajstić information content (AvgIpc) is 2.84. The van der Waals surface area contributed by atoms with Gasteiger partial charge in [0.1, 0.15) is 23.7 Å². The summed E-state index contributed by atoms with van der Waals surface area (Å²) >= 11 is 5.98. The second-order valence-electron chi connectivity index (χ2n) is 4.32. The van der Waals surface area contributed by atoms with Crippen molar-refractivity contribution < 1.29 is 14.3 Å².